The van der Waals surface area contributed by atoms with E-state index in [0.29, 0.717) is 6.54 Å². The number of aromatic nitrogens is 3. The largest absolute Gasteiger partial charge is 0.350 e. The van der Waals surface area contributed by atoms with Crippen molar-refractivity contribution in [3.63, 3.8) is 0 Å². The molecular formula is C15H20N4. The van der Waals surface area contributed by atoms with E-state index in [1.807, 2.05) is 31.5 Å². The summed E-state index contributed by atoms with van der Waals surface area (Å²) in [5, 5.41) is 3.35. The van der Waals surface area contributed by atoms with Gasteiger partial charge in [-0.05, 0) is 25.0 Å². The van der Waals surface area contributed by atoms with E-state index in [4.69, 9.17) is 0 Å². The van der Waals surface area contributed by atoms with Gasteiger partial charge in [0.05, 0.1) is 17.9 Å². The highest BCUT2D eigenvalue weighted by atomic mass is 15.2. The first-order chi connectivity index (χ1) is 9.24. The van der Waals surface area contributed by atoms with E-state index < -0.39 is 0 Å². The molecule has 2 rings (SSSR count). The molecule has 4 nitrogen and oxygen atoms in total. The van der Waals surface area contributed by atoms with E-state index in [0.717, 1.165) is 30.3 Å². The third-order valence-electron chi connectivity index (χ3n) is 3.00. The van der Waals surface area contributed by atoms with Crippen LogP contribution in [-0.2, 0) is 19.5 Å². The number of imidazole rings is 1. The minimum absolute atomic E-state index is 0.692. The smallest absolute Gasteiger partial charge is 0.203 e. The average molecular weight is 256 g/mol. The lowest BCUT2D eigenvalue weighted by Crippen LogP contribution is -2.09. The first kappa shape index (κ1) is 13.3. The second-order valence-electron chi connectivity index (χ2n) is 4.46. The van der Waals surface area contributed by atoms with E-state index in [1.165, 1.54) is 5.56 Å². The van der Waals surface area contributed by atoms with Gasteiger partial charge in [-0.15, -0.1) is 6.58 Å². The molecular weight excluding hydrogens is 236 g/mol. The van der Waals surface area contributed by atoms with Crippen LogP contribution in [0.4, 0.5) is 5.95 Å². The fourth-order valence-corrected chi connectivity index (χ4v) is 2.08. The molecule has 0 saturated carbocycles. The van der Waals surface area contributed by atoms with Crippen LogP contribution < -0.4 is 5.32 Å². The third kappa shape index (κ3) is 3.22. The van der Waals surface area contributed by atoms with Crippen LogP contribution in [0.15, 0.2) is 37.2 Å². The lowest BCUT2D eigenvalue weighted by molar-refractivity contribution is 0.814. The topological polar surface area (TPSA) is 42.7 Å². The molecule has 0 aromatic carbocycles. The Morgan fingerprint density at radius 3 is 3.05 bits per heavy atom. The molecule has 19 heavy (non-hydrogen) atoms. The number of pyridine rings is 1. The standard InChI is InChI=1S/C15H20N4/c1-4-9-19-11-12(3)18-15(19)17-10-14-13(5-2)7-6-8-16-14/h4,6-8,11H,1,5,9-10H2,2-3H3,(H,17,18). The van der Waals surface area contributed by atoms with Gasteiger partial charge in [0, 0.05) is 18.9 Å². The Kier molecular flexibility index (Phi) is 4.34. The molecule has 0 aliphatic heterocycles. The number of hydrogen-bond acceptors (Lipinski definition) is 3. The van der Waals surface area contributed by atoms with Crippen molar-refractivity contribution in [1.29, 1.82) is 0 Å². The molecule has 0 atom stereocenters. The molecule has 0 fully saturated rings. The highest BCUT2D eigenvalue weighted by Gasteiger charge is 2.06. The summed E-state index contributed by atoms with van der Waals surface area (Å²) in [5.74, 6) is 0.866. The Morgan fingerprint density at radius 1 is 1.47 bits per heavy atom. The third-order valence-corrected chi connectivity index (χ3v) is 3.00. The number of rotatable bonds is 6. The number of nitrogens with one attached hydrogen (secondary N) is 1. The summed E-state index contributed by atoms with van der Waals surface area (Å²) in [6, 6.07) is 4.09. The number of hydrogen-bond donors (Lipinski definition) is 1. The van der Waals surface area contributed by atoms with Crippen LogP contribution in [0.25, 0.3) is 0 Å². The van der Waals surface area contributed by atoms with Gasteiger partial charge >= 0.3 is 0 Å². The van der Waals surface area contributed by atoms with Crippen molar-refractivity contribution in [2.45, 2.75) is 33.4 Å². The average Bonchev–Trinajstić information content (AvgIpc) is 2.77. The predicted octanol–water partition coefficient (Wildman–Crippen LogP) is 2.95. The van der Waals surface area contributed by atoms with Gasteiger partial charge in [0.25, 0.3) is 0 Å². The zero-order valence-electron chi connectivity index (χ0n) is 11.6. The summed E-state index contributed by atoms with van der Waals surface area (Å²) in [6.07, 6.45) is 6.70. The fraction of sp³-hybridized carbons (Fsp3) is 0.333. The molecule has 0 amide bonds. The Labute approximate surface area is 114 Å². The molecule has 100 valence electrons. The Morgan fingerprint density at radius 2 is 2.32 bits per heavy atom. The van der Waals surface area contributed by atoms with Crippen molar-refractivity contribution in [2.75, 3.05) is 5.32 Å². The molecule has 0 spiro atoms. The molecule has 1 N–H and O–H groups in total. The maximum atomic E-state index is 4.48. The second kappa shape index (κ2) is 6.18. The molecule has 0 unspecified atom stereocenters. The monoisotopic (exact) mass is 256 g/mol. The van der Waals surface area contributed by atoms with Crippen LogP contribution in [0, 0.1) is 6.92 Å². The molecule has 0 radical (unpaired) electrons. The Balaban J connectivity index is 2.11. The highest BCUT2D eigenvalue weighted by Crippen LogP contribution is 2.12. The maximum Gasteiger partial charge on any atom is 0.203 e. The van der Waals surface area contributed by atoms with Gasteiger partial charge in [0.15, 0.2) is 0 Å². The van der Waals surface area contributed by atoms with Crippen LogP contribution in [0.1, 0.15) is 23.9 Å². The number of anilines is 1. The lowest BCUT2D eigenvalue weighted by Gasteiger charge is -2.10. The number of aryl methyl sites for hydroxylation is 2. The van der Waals surface area contributed by atoms with Crippen LogP contribution in [0.3, 0.4) is 0 Å². The maximum absolute atomic E-state index is 4.48. The first-order valence-corrected chi connectivity index (χ1v) is 6.56. The fourth-order valence-electron chi connectivity index (χ4n) is 2.08. The van der Waals surface area contributed by atoms with Crippen molar-refractivity contribution in [2.24, 2.45) is 0 Å². The number of nitrogens with zero attached hydrogens (tertiary/aromatic N) is 3. The van der Waals surface area contributed by atoms with E-state index in [2.05, 4.69) is 39.4 Å². The van der Waals surface area contributed by atoms with Crippen molar-refractivity contribution in [3.05, 3.63) is 54.1 Å². The van der Waals surface area contributed by atoms with Crippen molar-refractivity contribution >= 4 is 5.95 Å². The van der Waals surface area contributed by atoms with Crippen LogP contribution in [-0.4, -0.2) is 14.5 Å². The van der Waals surface area contributed by atoms with E-state index in [-0.39, 0.29) is 0 Å². The summed E-state index contributed by atoms with van der Waals surface area (Å²) >= 11 is 0. The molecule has 2 heterocycles. The molecule has 0 bridgehead atoms. The normalized spacial score (nSPS) is 10.4. The van der Waals surface area contributed by atoms with E-state index in [9.17, 15) is 0 Å². The van der Waals surface area contributed by atoms with E-state index >= 15 is 0 Å². The molecule has 0 aliphatic carbocycles. The molecule has 4 heteroatoms. The van der Waals surface area contributed by atoms with Gasteiger partial charge in [-0.2, -0.15) is 0 Å². The molecule has 2 aromatic rings. The molecule has 0 aliphatic rings. The number of allylic oxidation sites excluding steroid dienone is 1. The quantitative estimate of drug-likeness (QED) is 0.808. The summed E-state index contributed by atoms with van der Waals surface area (Å²) in [4.78, 5) is 8.90. The van der Waals surface area contributed by atoms with Gasteiger partial charge in [-0.25, -0.2) is 4.98 Å². The molecule has 0 saturated heterocycles. The van der Waals surface area contributed by atoms with Crippen LogP contribution in [0.5, 0.6) is 0 Å². The molecule has 2 aromatic heterocycles. The van der Waals surface area contributed by atoms with Gasteiger partial charge in [0.1, 0.15) is 0 Å². The predicted molar refractivity (Wildman–Crippen MR) is 78.1 cm³/mol. The highest BCUT2D eigenvalue weighted by molar-refractivity contribution is 5.32. The van der Waals surface area contributed by atoms with Crippen LogP contribution in [0.2, 0.25) is 0 Å². The zero-order chi connectivity index (χ0) is 13.7. The van der Waals surface area contributed by atoms with Gasteiger partial charge in [-0.3, -0.25) is 4.98 Å². The van der Waals surface area contributed by atoms with Gasteiger partial charge < -0.3 is 9.88 Å². The van der Waals surface area contributed by atoms with Gasteiger partial charge in [0.2, 0.25) is 5.95 Å². The van der Waals surface area contributed by atoms with Gasteiger partial charge in [-0.1, -0.05) is 19.1 Å². The van der Waals surface area contributed by atoms with Crippen molar-refractivity contribution in [1.82, 2.24) is 14.5 Å². The van der Waals surface area contributed by atoms with E-state index in [1.54, 1.807) is 0 Å². The van der Waals surface area contributed by atoms with Crippen molar-refractivity contribution in [3.8, 4) is 0 Å². The zero-order valence-corrected chi connectivity index (χ0v) is 11.6. The minimum atomic E-state index is 0.692. The summed E-state index contributed by atoms with van der Waals surface area (Å²) < 4.78 is 2.05. The first-order valence-electron chi connectivity index (χ1n) is 6.56. The second-order valence-corrected chi connectivity index (χ2v) is 4.46. The Hall–Kier alpha value is -2.10. The summed E-state index contributed by atoms with van der Waals surface area (Å²) in [6.45, 7) is 9.34. The minimum Gasteiger partial charge on any atom is -0.350 e. The summed E-state index contributed by atoms with van der Waals surface area (Å²) in [7, 11) is 0. The van der Waals surface area contributed by atoms with Crippen molar-refractivity contribution < 1.29 is 0 Å². The lowest BCUT2D eigenvalue weighted by atomic mass is 10.1. The van der Waals surface area contributed by atoms with Crippen LogP contribution >= 0.6 is 0 Å². The SMILES string of the molecule is C=CCn1cc(C)nc1NCc1ncccc1CC. The Bertz CT molecular complexity index is 557. The summed E-state index contributed by atoms with van der Waals surface area (Å²) in [5.41, 5.74) is 3.35.